The molecule has 8 nitrogen and oxygen atoms in total. The number of aromatic carboxylic acids is 1. The monoisotopic (exact) mass is 594 g/mol. The first-order valence-corrected chi connectivity index (χ1v) is 14.7. The molecule has 4 N–H and O–H groups in total. The van der Waals surface area contributed by atoms with E-state index in [2.05, 4.69) is 4.98 Å². The molecule has 2 heterocycles. The van der Waals surface area contributed by atoms with Crippen LogP contribution in [0.1, 0.15) is 46.1 Å². The van der Waals surface area contributed by atoms with E-state index >= 15 is 4.39 Å². The third-order valence-electron chi connectivity index (χ3n) is 6.84. The van der Waals surface area contributed by atoms with Gasteiger partial charge in [-0.05, 0) is 53.8 Å². The maximum Gasteiger partial charge on any atom is 0.355 e. The summed E-state index contributed by atoms with van der Waals surface area (Å²) in [5.41, 5.74) is 5.01. The quantitative estimate of drug-likeness (QED) is 0.170. The molecule has 1 atom stereocenters. The number of halogens is 2. The van der Waals surface area contributed by atoms with Crippen LogP contribution in [0.3, 0.4) is 0 Å². The second-order valence-corrected chi connectivity index (χ2v) is 11.6. The standard InChI is InChI=1S/C29H22F2N4O3S2.H2O/c30-21-9-6-16(7-10-21)18-2-1-3-20(12-18)27-23(13-19-8-11-22(40(32)38)14-24(19)31)26(17-4-5-17)34-35(27)29-33-25(15-39-29)28(36)37;/h1-3,6-12,14-15,17H,4-5,13H2,(H2,32,38)(H,36,37);1H2. The van der Waals surface area contributed by atoms with Crippen molar-refractivity contribution in [3.63, 3.8) is 0 Å². The fourth-order valence-electron chi connectivity index (χ4n) is 4.72. The molecule has 12 heteroatoms. The number of carbonyl (C=O) groups is 1. The highest BCUT2D eigenvalue weighted by Crippen LogP contribution is 2.45. The van der Waals surface area contributed by atoms with Crippen molar-refractivity contribution in [2.24, 2.45) is 5.14 Å². The topological polar surface area (TPSA) is 141 Å². The normalized spacial score (nSPS) is 13.5. The van der Waals surface area contributed by atoms with Gasteiger partial charge in [-0.1, -0.05) is 40.6 Å². The Kier molecular flexibility index (Phi) is 7.91. The summed E-state index contributed by atoms with van der Waals surface area (Å²) in [7, 11) is -2.17. The number of rotatable bonds is 8. The second kappa shape index (κ2) is 11.4. The molecule has 2 aromatic heterocycles. The molecule has 1 saturated carbocycles. The molecule has 0 spiro atoms. The summed E-state index contributed by atoms with van der Waals surface area (Å²) in [4.78, 5) is 16.1. The Balaban J connectivity index is 0.00000337. The molecular weight excluding hydrogens is 570 g/mol. The number of nitrogens with two attached hydrogens (primary N) is 1. The minimum Gasteiger partial charge on any atom is -0.870 e. The van der Waals surface area contributed by atoms with Crippen LogP contribution in [0.25, 0.3) is 27.5 Å². The predicted octanol–water partition coefficient (Wildman–Crippen LogP) is 5.86. The van der Waals surface area contributed by atoms with Crippen molar-refractivity contribution in [3.8, 4) is 27.5 Å². The van der Waals surface area contributed by atoms with Crippen molar-refractivity contribution < 1.29 is 28.4 Å². The molecule has 0 amide bonds. The van der Waals surface area contributed by atoms with E-state index in [1.165, 1.54) is 23.6 Å². The molecule has 3 aromatic carbocycles. The van der Waals surface area contributed by atoms with Gasteiger partial charge in [0.2, 0.25) is 5.13 Å². The van der Waals surface area contributed by atoms with E-state index in [0.717, 1.165) is 52.1 Å². The van der Waals surface area contributed by atoms with Gasteiger partial charge in [0.15, 0.2) is 21.6 Å². The molecule has 1 unspecified atom stereocenters. The largest absolute Gasteiger partial charge is 0.870 e. The second-order valence-electron chi connectivity index (χ2n) is 9.58. The molecular formula is C29H24F2N4O4S2. The summed E-state index contributed by atoms with van der Waals surface area (Å²) in [5, 5.41) is 21.7. The highest BCUT2D eigenvalue weighted by molar-refractivity contribution is 7.82. The van der Waals surface area contributed by atoms with E-state index in [4.69, 9.17) is 10.2 Å². The summed E-state index contributed by atoms with van der Waals surface area (Å²) in [6, 6.07) is 18.2. The number of benzene rings is 3. The number of nitrogens with zero attached hydrogens (tertiary/aromatic N) is 3. The Bertz CT molecular complexity index is 1780. The lowest BCUT2D eigenvalue weighted by molar-refractivity contribution is 0.0691. The number of carboxylic acid groups (broad SMARTS) is 1. The lowest BCUT2D eigenvalue weighted by atomic mass is 9.95. The van der Waals surface area contributed by atoms with Crippen LogP contribution in [0.2, 0.25) is 0 Å². The van der Waals surface area contributed by atoms with Crippen LogP contribution in [-0.4, -0.2) is 31.3 Å². The highest BCUT2D eigenvalue weighted by atomic mass is 32.2. The molecule has 0 bridgehead atoms. The molecule has 0 saturated heterocycles. The average Bonchev–Trinajstić information content (AvgIpc) is 3.53. The SMILES string of the molecule is N[SH+](=O)c1ccc(Cc2c(C3CC3)nn(-c3nc(C(=O)O)cs3)c2-c2cccc(-c3ccc(F)cc3)c2)c(F)c1.[OH-]. The van der Waals surface area contributed by atoms with Crippen molar-refractivity contribution in [1.82, 2.24) is 14.8 Å². The van der Waals surface area contributed by atoms with Crippen LogP contribution in [0.4, 0.5) is 8.78 Å². The van der Waals surface area contributed by atoms with Crippen LogP contribution < -0.4 is 5.14 Å². The van der Waals surface area contributed by atoms with Gasteiger partial charge in [0.25, 0.3) is 0 Å². The Hall–Kier alpha value is -4.10. The molecule has 0 aliphatic heterocycles. The number of hydrogen-bond acceptors (Lipinski definition) is 6. The summed E-state index contributed by atoms with van der Waals surface area (Å²) in [5.74, 6) is -1.80. The summed E-state index contributed by atoms with van der Waals surface area (Å²) in [6.45, 7) is 0. The van der Waals surface area contributed by atoms with Crippen LogP contribution in [0.15, 0.2) is 77.0 Å². The van der Waals surface area contributed by atoms with Crippen molar-refractivity contribution in [3.05, 3.63) is 106 Å². The first-order valence-electron chi connectivity index (χ1n) is 12.5. The Morgan fingerprint density at radius 1 is 1.05 bits per heavy atom. The summed E-state index contributed by atoms with van der Waals surface area (Å²) < 4.78 is 42.1. The maximum atomic E-state index is 15.2. The first-order chi connectivity index (χ1) is 19.3. The third kappa shape index (κ3) is 5.72. The molecule has 1 aliphatic carbocycles. The molecule has 5 aromatic rings. The first kappa shape index (κ1) is 28.4. The van der Waals surface area contributed by atoms with Gasteiger partial charge in [-0.15, -0.1) is 16.5 Å². The number of thiazole rings is 1. The van der Waals surface area contributed by atoms with E-state index in [0.29, 0.717) is 16.4 Å². The van der Waals surface area contributed by atoms with E-state index in [9.17, 15) is 18.5 Å². The summed E-state index contributed by atoms with van der Waals surface area (Å²) >= 11 is 1.16. The third-order valence-corrected chi connectivity index (χ3v) is 8.45. The molecule has 0 radical (unpaired) electrons. The van der Waals surface area contributed by atoms with Gasteiger partial charge in [-0.25, -0.2) is 23.2 Å². The Morgan fingerprint density at radius 3 is 2.41 bits per heavy atom. The lowest BCUT2D eigenvalue weighted by Crippen LogP contribution is -2.04. The lowest BCUT2D eigenvalue weighted by Gasteiger charge is -2.11. The van der Waals surface area contributed by atoms with E-state index in [-0.39, 0.29) is 34.2 Å². The minimum atomic E-state index is -2.17. The smallest absolute Gasteiger partial charge is 0.355 e. The van der Waals surface area contributed by atoms with E-state index < -0.39 is 22.8 Å². The van der Waals surface area contributed by atoms with Crippen molar-refractivity contribution >= 4 is 28.3 Å². The van der Waals surface area contributed by atoms with Gasteiger partial charge >= 0.3 is 5.97 Å². The van der Waals surface area contributed by atoms with Gasteiger partial charge in [0.05, 0.1) is 11.4 Å². The minimum absolute atomic E-state index is 0. The zero-order chi connectivity index (χ0) is 28.0. The molecule has 1 fully saturated rings. The zero-order valence-electron chi connectivity index (χ0n) is 21.4. The fourth-order valence-corrected chi connectivity index (χ4v) is 5.93. The van der Waals surface area contributed by atoms with Gasteiger partial charge in [0.1, 0.15) is 11.6 Å². The zero-order valence-corrected chi connectivity index (χ0v) is 23.1. The highest BCUT2D eigenvalue weighted by Gasteiger charge is 2.33. The Morgan fingerprint density at radius 2 is 1.78 bits per heavy atom. The number of carboxylic acids is 1. The van der Waals surface area contributed by atoms with Crippen molar-refractivity contribution in [2.45, 2.75) is 30.1 Å². The average molecular weight is 595 g/mol. The van der Waals surface area contributed by atoms with Gasteiger partial charge in [0, 0.05) is 34.9 Å². The number of hydrogen-bond donors (Lipinski definition) is 2. The van der Waals surface area contributed by atoms with Crippen LogP contribution in [0, 0.1) is 11.6 Å². The molecule has 1 aliphatic rings. The predicted molar refractivity (Wildman–Crippen MR) is 152 cm³/mol. The van der Waals surface area contributed by atoms with Crippen LogP contribution in [0.5, 0.6) is 0 Å². The maximum absolute atomic E-state index is 15.2. The summed E-state index contributed by atoms with van der Waals surface area (Å²) in [6.07, 6.45) is 2.07. The Labute approximate surface area is 240 Å². The van der Waals surface area contributed by atoms with E-state index in [1.807, 2.05) is 24.3 Å². The van der Waals surface area contributed by atoms with Crippen molar-refractivity contribution in [1.29, 1.82) is 0 Å². The number of thiol groups is 1. The van der Waals surface area contributed by atoms with Crippen LogP contribution in [-0.2, 0) is 21.6 Å². The van der Waals surface area contributed by atoms with Crippen LogP contribution >= 0.6 is 11.3 Å². The van der Waals surface area contributed by atoms with Gasteiger partial charge in [-0.3, -0.25) is 0 Å². The van der Waals surface area contributed by atoms with Gasteiger partial charge in [-0.2, -0.15) is 5.10 Å². The fraction of sp³-hybridized carbons (Fsp3) is 0.138. The van der Waals surface area contributed by atoms with Crippen molar-refractivity contribution in [2.75, 3.05) is 0 Å². The van der Waals surface area contributed by atoms with E-state index in [1.54, 1.807) is 28.9 Å². The van der Waals surface area contributed by atoms with Gasteiger partial charge < -0.3 is 10.6 Å². The molecule has 6 rings (SSSR count). The molecule has 210 valence electrons. The molecule has 41 heavy (non-hydrogen) atoms. The number of aromatic nitrogens is 3.